The number of halogens is 2. The SMILES string of the molecule is CC(=O)[C@H]1C(=C(F)F)C[C@H]2[C@@H]3CCC4=CC(=O)CC[C@]4(C)[C@H]3CC[C@]12C. The summed E-state index contributed by atoms with van der Waals surface area (Å²) in [4.78, 5) is 24.2. The zero-order chi connectivity index (χ0) is 18.9. The van der Waals surface area contributed by atoms with Crippen molar-refractivity contribution in [3.05, 3.63) is 23.3 Å². The molecule has 0 spiro atoms. The molecule has 4 aliphatic carbocycles. The molecule has 0 saturated heterocycles. The first-order valence-electron chi connectivity index (χ1n) is 9.97. The molecular weight excluding hydrogens is 334 g/mol. The van der Waals surface area contributed by atoms with Gasteiger partial charge in [-0.3, -0.25) is 9.59 Å². The summed E-state index contributed by atoms with van der Waals surface area (Å²) in [5, 5.41) is 0. The van der Waals surface area contributed by atoms with Gasteiger partial charge in [0, 0.05) is 17.9 Å². The molecule has 0 aromatic carbocycles. The van der Waals surface area contributed by atoms with Crippen molar-refractivity contribution in [3.63, 3.8) is 0 Å². The molecular formula is C22H28F2O2. The van der Waals surface area contributed by atoms with E-state index in [4.69, 9.17) is 0 Å². The maximum absolute atomic E-state index is 13.7. The molecule has 0 heterocycles. The van der Waals surface area contributed by atoms with Crippen molar-refractivity contribution in [2.24, 2.45) is 34.5 Å². The zero-order valence-electron chi connectivity index (χ0n) is 15.9. The minimum absolute atomic E-state index is 0.0323. The second kappa shape index (κ2) is 5.84. The highest BCUT2D eigenvalue weighted by molar-refractivity contribution is 5.91. The molecule has 142 valence electrons. The fourth-order valence-electron chi connectivity index (χ4n) is 7.30. The number of carbonyl (C=O) groups excluding carboxylic acids is 2. The van der Waals surface area contributed by atoms with Crippen molar-refractivity contribution in [2.75, 3.05) is 0 Å². The first-order valence-corrected chi connectivity index (χ1v) is 9.97. The van der Waals surface area contributed by atoms with Gasteiger partial charge in [-0.05, 0) is 80.1 Å². The van der Waals surface area contributed by atoms with Crippen LogP contribution in [-0.4, -0.2) is 11.6 Å². The van der Waals surface area contributed by atoms with Crippen LogP contribution in [0.2, 0.25) is 0 Å². The van der Waals surface area contributed by atoms with Crippen molar-refractivity contribution in [3.8, 4) is 0 Å². The molecule has 0 aromatic rings. The molecule has 4 heteroatoms. The van der Waals surface area contributed by atoms with Gasteiger partial charge in [0.2, 0.25) is 0 Å². The average molecular weight is 362 g/mol. The van der Waals surface area contributed by atoms with Crippen molar-refractivity contribution >= 4 is 11.6 Å². The molecule has 0 bridgehead atoms. The molecule has 2 nitrogen and oxygen atoms in total. The Balaban J connectivity index is 1.73. The number of carbonyl (C=O) groups is 2. The van der Waals surface area contributed by atoms with Crippen LogP contribution in [0.3, 0.4) is 0 Å². The number of ketones is 2. The zero-order valence-corrected chi connectivity index (χ0v) is 15.9. The summed E-state index contributed by atoms with van der Waals surface area (Å²) in [5.41, 5.74) is 1.08. The molecule has 3 saturated carbocycles. The Hall–Kier alpha value is -1.32. The Labute approximate surface area is 154 Å². The van der Waals surface area contributed by atoms with Gasteiger partial charge in [0.25, 0.3) is 6.08 Å². The minimum Gasteiger partial charge on any atom is -0.299 e. The van der Waals surface area contributed by atoms with Gasteiger partial charge in [0.05, 0.1) is 0 Å². The van der Waals surface area contributed by atoms with E-state index in [1.54, 1.807) is 0 Å². The molecule has 3 fully saturated rings. The summed E-state index contributed by atoms with van der Waals surface area (Å²) >= 11 is 0. The highest BCUT2D eigenvalue weighted by Gasteiger charge is 2.61. The van der Waals surface area contributed by atoms with E-state index >= 15 is 0 Å². The molecule has 6 atom stereocenters. The Kier molecular flexibility index (Phi) is 4.06. The summed E-state index contributed by atoms with van der Waals surface area (Å²) < 4.78 is 27.3. The van der Waals surface area contributed by atoms with E-state index in [1.807, 2.05) is 6.08 Å². The lowest BCUT2D eigenvalue weighted by atomic mass is 9.46. The summed E-state index contributed by atoms with van der Waals surface area (Å²) in [7, 11) is 0. The second-order valence-electron chi connectivity index (χ2n) is 9.55. The molecule has 0 N–H and O–H groups in total. The Morgan fingerprint density at radius 2 is 1.85 bits per heavy atom. The third-order valence-corrected chi connectivity index (χ3v) is 8.50. The first-order chi connectivity index (χ1) is 12.2. The van der Waals surface area contributed by atoms with Gasteiger partial charge >= 0.3 is 0 Å². The van der Waals surface area contributed by atoms with E-state index in [-0.39, 0.29) is 33.9 Å². The highest BCUT2D eigenvalue weighted by atomic mass is 19.3. The topological polar surface area (TPSA) is 34.1 Å². The predicted molar refractivity (Wildman–Crippen MR) is 95.5 cm³/mol. The van der Waals surface area contributed by atoms with Crippen LogP contribution in [0.1, 0.15) is 65.7 Å². The maximum Gasteiger partial charge on any atom is 0.270 e. The average Bonchev–Trinajstić information content (AvgIpc) is 2.89. The summed E-state index contributed by atoms with van der Waals surface area (Å²) in [6.07, 6.45) is 5.77. The van der Waals surface area contributed by atoms with E-state index in [0.717, 1.165) is 32.1 Å². The fourth-order valence-corrected chi connectivity index (χ4v) is 7.30. The lowest BCUT2D eigenvalue weighted by Crippen LogP contribution is -2.51. The molecule has 0 aliphatic heterocycles. The largest absolute Gasteiger partial charge is 0.299 e. The molecule has 4 aliphatic rings. The monoisotopic (exact) mass is 362 g/mol. The molecule has 26 heavy (non-hydrogen) atoms. The van der Waals surface area contributed by atoms with E-state index < -0.39 is 12.0 Å². The van der Waals surface area contributed by atoms with Crippen molar-refractivity contribution in [1.82, 2.24) is 0 Å². The van der Waals surface area contributed by atoms with Gasteiger partial charge in [-0.1, -0.05) is 19.4 Å². The van der Waals surface area contributed by atoms with Crippen molar-refractivity contribution < 1.29 is 18.4 Å². The standard InChI is InChI=1S/C22H28F2O2/c1-12(25)19-16(20(23)24)11-18-15-5-4-13-10-14(26)6-8-21(13,2)17(15)7-9-22(18,19)3/h10,15,17-19H,4-9,11H2,1-3H3/t15-,17+,18+,19+,21+,22+/m1/s1. The summed E-state index contributed by atoms with van der Waals surface area (Å²) in [5.74, 6) is 0.491. The molecule has 0 aromatic heterocycles. The fraction of sp³-hybridized carbons (Fsp3) is 0.727. The molecule has 0 unspecified atom stereocenters. The van der Waals surface area contributed by atoms with Crippen LogP contribution in [0.15, 0.2) is 23.3 Å². The van der Waals surface area contributed by atoms with Crippen LogP contribution in [-0.2, 0) is 9.59 Å². The third kappa shape index (κ3) is 2.33. The van der Waals surface area contributed by atoms with Crippen LogP contribution in [0.25, 0.3) is 0 Å². The van der Waals surface area contributed by atoms with Crippen LogP contribution < -0.4 is 0 Å². The summed E-state index contributed by atoms with van der Waals surface area (Å²) in [6, 6.07) is 0. The smallest absolute Gasteiger partial charge is 0.270 e. The molecule has 0 amide bonds. The Morgan fingerprint density at radius 3 is 2.50 bits per heavy atom. The molecule has 4 rings (SSSR count). The normalized spacial score (nSPS) is 44.7. The maximum atomic E-state index is 13.7. The van der Waals surface area contributed by atoms with Gasteiger partial charge in [0.1, 0.15) is 5.78 Å². The number of Topliss-reactive ketones (excluding diaryl/α,β-unsaturated/α-hetero) is 1. The van der Waals surface area contributed by atoms with Crippen LogP contribution in [0.5, 0.6) is 0 Å². The summed E-state index contributed by atoms with van der Waals surface area (Å²) in [6.45, 7) is 5.84. The van der Waals surface area contributed by atoms with Crippen molar-refractivity contribution in [1.29, 1.82) is 0 Å². The van der Waals surface area contributed by atoms with Crippen LogP contribution in [0.4, 0.5) is 8.78 Å². The van der Waals surface area contributed by atoms with E-state index in [9.17, 15) is 18.4 Å². The lowest BCUT2D eigenvalue weighted by Gasteiger charge is -2.57. The van der Waals surface area contributed by atoms with E-state index in [2.05, 4.69) is 13.8 Å². The lowest BCUT2D eigenvalue weighted by molar-refractivity contribution is -0.127. The van der Waals surface area contributed by atoms with Crippen LogP contribution in [0, 0.1) is 34.5 Å². The number of fused-ring (bicyclic) bond motifs is 5. The molecule has 0 radical (unpaired) electrons. The Bertz CT molecular complexity index is 732. The second-order valence-corrected chi connectivity index (χ2v) is 9.55. The van der Waals surface area contributed by atoms with Crippen LogP contribution >= 0.6 is 0 Å². The quantitative estimate of drug-likeness (QED) is 0.618. The predicted octanol–water partition coefficient (Wildman–Crippen LogP) is 5.48. The number of rotatable bonds is 1. The van der Waals surface area contributed by atoms with Crippen molar-refractivity contribution in [2.45, 2.75) is 65.7 Å². The number of hydrogen-bond acceptors (Lipinski definition) is 2. The third-order valence-electron chi connectivity index (χ3n) is 8.50. The van der Waals surface area contributed by atoms with Gasteiger partial charge in [-0.2, -0.15) is 8.78 Å². The number of hydrogen-bond donors (Lipinski definition) is 0. The number of allylic oxidation sites excluding steroid dienone is 2. The first kappa shape index (κ1) is 18.1. The van der Waals surface area contributed by atoms with E-state index in [0.29, 0.717) is 24.7 Å². The minimum atomic E-state index is -1.64. The van der Waals surface area contributed by atoms with Gasteiger partial charge in [-0.15, -0.1) is 0 Å². The van der Waals surface area contributed by atoms with Gasteiger partial charge in [0.15, 0.2) is 5.78 Å². The van der Waals surface area contributed by atoms with E-state index in [1.165, 1.54) is 12.5 Å². The van der Waals surface area contributed by atoms with Gasteiger partial charge < -0.3 is 0 Å². The highest BCUT2D eigenvalue weighted by Crippen LogP contribution is 2.68. The Morgan fingerprint density at radius 1 is 1.12 bits per heavy atom. The van der Waals surface area contributed by atoms with Gasteiger partial charge in [-0.25, -0.2) is 0 Å².